The molecule has 1 heterocycles. The monoisotopic (exact) mass is 291 g/mol. The minimum absolute atomic E-state index is 0.0410. The highest BCUT2D eigenvalue weighted by molar-refractivity contribution is 6.30. The van der Waals surface area contributed by atoms with Crippen LogP contribution in [-0.2, 0) is 4.74 Å². The fourth-order valence-corrected chi connectivity index (χ4v) is 1.58. The number of benzene rings is 1. The predicted molar refractivity (Wildman–Crippen MR) is 72.8 cm³/mol. The van der Waals surface area contributed by atoms with Crippen molar-refractivity contribution in [2.75, 3.05) is 12.4 Å². The summed E-state index contributed by atoms with van der Waals surface area (Å²) in [7, 11) is 1.22. The van der Waals surface area contributed by atoms with Crippen molar-refractivity contribution in [2.45, 2.75) is 0 Å². The molecular weight excluding hydrogens is 282 g/mol. The summed E-state index contributed by atoms with van der Waals surface area (Å²) in [6.45, 7) is 0. The second-order valence-corrected chi connectivity index (χ2v) is 4.14. The second-order valence-electron chi connectivity index (χ2n) is 3.71. The summed E-state index contributed by atoms with van der Waals surface area (Å²) >= 11 is 5.75. The number of hydrogen-bond donors (Lipinski definition) is 1. The third-order valence-electron chi connectivity index (χ3n) is 2.42. The number of methoxy groups -OCH3 is 1. The Labute approximate surface area is 119 Å². The van der Waals surface area contributed by atoms with Crippen LogP contribution < -0.4 is 5.32 Å². The summed E-state index contributed by atoms with van der Waals surface area (Å²) in [6, 6.07) is 6.31. The summed E-state index contributed by atoms with van der Waals surface area (Å²) in [5, 5.41) is 3.03. The van der Waals surface area contributed by atoms with Crippen molar-refractivity contribution in [1.82, 2.24) is 9.97 Å². The van der Waals surface area contributed by atoms with Crippen LogP contribution in [-0.4, -0.2) is 29.0 Å². The van der Waals surface area contributed by atoms with Gasteiger partial charge in [0.25, 0.3) is 5.91 Å². The Morgan fingerprint density at radius 1 is 1.15 bits per heavy atom. The maximum absolute atomic E-state index is 12.0. The summed E-state index contributed by atoms with van der Waals surface area (Å²) in [5.41, 5.74) is 0.327. The number of aromatic nitrogens is 2. The standard InChI is InChI=1S/C13H10ClN3O3/c1-20-13(19)10-11(16-7-6-15-10)17-12(18)8-2-4-9(14)5-3-8/h2-7H,1H3,(H,16,17,18). The van der Waals surface area contributed by atoms with Gasteiger partial charge in [0.2, 0.25) is 0 Å². The zero-order valence-electron chi connectivity index (χ0n) is 10.5. The number of carbonyl (C=O) groups excluding carboxylic acids is 2. The van der Waals surface area contributed by atoms with Gasteiger partial charge in [-0.05, 0) is 24.3 Å². The van der Waals surface area contributed by atoms with Crippen molar-refractivity contribution in [3.05, 3.63) is 52.9 Å². The van der Waals surface area contributed by atoms with Crippen molar-refractivity contribution in [3.63, 3.8) is 0 Å². The molecule has 0 aliphatic carbocycles. The maximum Gasteiger partial charge on any atom is 0.360 e. The molecule has 0 atom stereocenters. The molecule has 2 rings (SSSR count). The fraction of sp³-hybridized carbons (Fsp3) is 0.0769. The molecule has 0 bridgehead atoms. The molecule has 0 aliphatic rings. The molecule has 6 nitrogen and oxygen atoms in total. The summed E-state index contributed by atoms with van der Waals surface area (Å²) in [4.78, 5) is 31.3. The lowest BCUT2D eigenvalue weighted by Crippen LogP contribution is -2.17. The van der Waals surface area contributed by atoms with Gasteiger partial charge in [0.05, 0.1) is 7.11 Å². The first-order valence-corrected chi connectivity index (χ1v) is 5.96. The molecule has 0 saturated carbocycles. The topological polar surface area (TPSA) is 81.2 Å². The van der Waals surface area contributed by atoms with E-state index in [2.05, 4.69) is 20.0 Å². The largest absolute Gasteiger partial charge is 0.464 e. The van der Waals surface area contributed by atoms with Crippen molar-refractivity contribution >= 4 is 29.3 Å². The highest BCUT2D eigenvalue weighted by Gasteiger charge is 2.17. The highest BCUT2D eigenvalue weighted by Crippen LogP contribution is 2.13. The van der Waals surface area contributed by atoms with Gasteiger partial charge in [0, 0.05) is 23.0 Å². The summed E-state index contributed by atoms with van der Waals surface area (Å²) in [6.07, 6.45) is 2.70. The van der Waals surface area contributed by atoms with E-state index in [0.29, 0.717) is 10.6 Å². The number of ether oxygens (including phenoxy) is 1. The Hall–Kier alpha value is -2.47. The first-order chi connectivity index (χ1) is 9.61. The average Bonchev–Trinajstić information content (AvgIpc) is 2.47. The number of halogens is 1. The van der Waals surface area contributed by atoms with Crippen LogP contribution in [0.1, 0.15) is 20.8 Å². The normalized spacial score (nSPS) is 9.90. The van der Waals surface area contributed by atoms with Crippen molar-refractivity contribution in [2.24, 2.45) is 0 Å². The van der Waals surface area contributed by atoms with E-state index in [0.717, 1.165) is 0 Å². The highest BCUT2D eigenvalue weighted by atomic mass is 35.5. The van der Waals surface area contributed by atoms with Crippen molar-refractivity contribution in [3.8, 4) is 0 Å². The Morgan fingerprint density at radius 3 is 2.45 bits per heavy atom. The molecule has 0 aliphatic heterocycles. The Balaban J connectivity index is 2.24. The molecule has 0 fully saturated rings. The van der Waals surface area contributed by atoms with E-state index in [1.54, 1.807) is 24.3 Å². The fourth-order valence-electron chi connectivity index (χ4n) is 1.46. The van der Waals surface area contributed by atoms with E-state index < -0.39 is 11.9 Å². The van der Waals surface area contributed by atoms with Gasteiger partial charge in [0.1, 0.15) is 0 Å². The van der Waals surface area contributed by atoms with Gasteiger partial charge in [-0.1, -0.05) is 11.6 Å². The lowest BCUT2D eigenvalue weighted by molar-refractivity contribution is 0.0595. The van der Waals surface area contributed by atoms with E-state index in [1.165, 1.54) is 19.5 Å². The first kappa shape index (κ1) is 14.0. The van der Waals surface area contributed by atoms with Gasteiger partial charge in [0.15, 0.2) is 11.5 Å². The zero-order valence-corrected chi connectivity index (χ0v) is 11.2. The van der Waals surface area contributed by atoms with E-state index >= 15 is 0 Å². The Bertz CT molecular complexity index is 644. The number of anilines is 1. The molecule has 1 aromatic heterocycles. The van der Waals surface area contributed by atoms with Crippen LogP contribution in [0.15, 0.2) is 36.7 Å². The molecule has 1 aromatic carbocycles. The predicted octanol–water partition coefficient (Wildman–Crippen LogP) is 2.17. The molecule has 0 spiro atoms. The number of nitrogens with one attached hydrogen (secondary N) is 1. The quantitative estimate of drug-likeness (QED) is 0.877. The van der Waals surface area contributed by atoms with E-state index in [9.17, 15) is 9.59 Å². The molecule has 20 heavy (non-hydrogen) atoms. The smallest absolute Gasteiger partial charge is 0.360 e. The van der Waals surface area contributed by atoms with Gasteiger partial charge in [-0.2, -0.15) is 0 Å². The van der Waals surface area contributed by atoms with Crippen LogP contribution in [0, 0.1) is 0 Å². The molecule has 102 valence electrons. The SMILES string of the molecule is COC(=O)c1nccnc1NC(=O)c1ccc(Cl)cc1. The van der Waals surface area contributed by atoms with Gasteiger partial charge in [-0.3, -0.25) is 4.79 Å². The first-order valence-electron chi connectivity index (χ1n) is 5.58. The number of nitrogens with zero attached hydrogens (tertiary/aromatic N) is 2. The van der Waals surface area contributed by atoms with E-state index in [1.807, 2.05) is 0 Å². The van der Waals surface area contributed by atoms with Crippen LogP contribution in [0.5, 0.6) is 0 Å². The minimum Gasteiger partial charge on any atom is -0.464 e. The van der Waals surface area contributed by atoms with Gasteiger partial charge < -0.3 is 10.1 Å². The lowest BCUT2D eigenvalue weighted by Gasteiger charge is -2.07. The van der Waals surface area contributed by atoms with Gasteiger partial charge >= 0.3 is 5.97 Å². The van der Waals surface area contributed by atoms with Gasteiger partial charge in [-0.25, -0.2) is 14.8 Å². The molecule has 1 amide bonds. The van der Waals surface area contributed by atoms with E-state index in [4.69, 9.17) is 11.6 Å². The minimum atomic E-state index is -0.676. The second kappa shape index (κ2) is 6.12. The van der Waals surface area contributed by atoms with Crippen LogP contribution in [0.4, 0.5) is 5.82 Å². The number of carbonyl (C=O) groups is 2. The third kappa shape index (κ3) is 3.10. The van der Waals surface area contributed by atoms with Crippen LogP contribution in [0.3, 0.4) is 0 Å². The summed E-state index contributed by atoms with van der Waals surface area (Å²) < 4.78 is 4.57. The molecule has 2 aromatic rings. The van der Waals surface area contributed by atoms with Gasteiger partial charge in [-0.15, -0.1) is 0 Å². The number of hydrogen-bond acceptors (Lipinski definition) is 5. The molecule has 0 saturated heterocycles. The van der Waals surface area contributed by atoms with Crippen LogP contribution in [0.2, 0.25) is 5.02 Å². The number of esters is 1. The van der Waals surface area contributed by atoms with E-state index in [-0.39, 0.29) is 11.5 Å². The maximum atomic E-state index is 12.0. The van der Waals surface area contributed by atoms with Crippen molar-refractivity contribution in [1.29, 1.82) is 0 Å². The molecule has 0 radical (unpaired) electrons. The molecular formula is C13H10ClN3O3. The summed E-state index contributed by atoms with van der Waals surface area (Å²) in [5.74, 6) is -1.06. The number of rotatable bonds is 3. The lowest BCUT2D eigenvalue weighted by atomic mass is 10.2. The van der Waals surface area contributed by atoms with Crippen LogP contribution >= 0.6 is 11.6 Å². The number of amides is 1. The Kier molecular flexibility index (Phi) is 4.27. The molecule has 0 unspecified atom stereocenters. The van der Waals surface area contributed by atoms with Crippen molar-refractivity contribution < 1.29 is 14.3 Å². The zero-order chi connectivity index (χ0) is 14.5. The molecule has 1 N–H and O–H groups in total. The average molecular weight is 292 g/mol. The Morgan fingerprint density at radius 2 is 1.80 bits per heavy atom. The third-order valence-corrected chi connectivity index (χ3v) is 2.67. The molecule has 7 heteroatoms. The van der Waals surface area contributed by atoms with Crippen LogP contribution in [0.25, 0.3) is 0 Å².